The Bertz CT molecular complexity index is 362. The van der Waals surface area contributed by atoms with Crippen LogP contribution in [0.3, 0.4) is 0 Å². The maximum atomic E-state index is 5.39. The zero-order valence-electron chi connectivity index (χ0n) is 9.19. The van der Waals surface area contributed by atoms with E-state index >= 15 is 0 Å². The molecule has 0 amide bonds. The molecule has 16 heavy (non-hydrogen) atoms. The Kier molecular flexibility index (Phi) is 3.02. The third-order valence-corrected chi connectivity index (χ3v) is 4.16. The van der Waals surface area contributed by atoms with Gasteiger partial charge in [0, 0.05) is 35.4 Å². The van der Waals surface area contributed by atoms with E-state index in [1.54, 1.807) is 0 Å². The Morgan fingerprint density at radius 3 is 3.06 bits per heavy atom. The first kappa shape index (κ1) is 10.4. The summed E-state index contributed by atoms with van der Waals surface area (Å²) in [5.41, 5.74) is 2.34. The van der Waals surface area contributed by atoms with Crippen molar-refractivity contribution < 1.29 is 4.74 Å². The summed E-state index contributed by atoms with van der Waals surface area (Å²) in [4.78, 5) is 4.43. The van der Waals surface area contributed by atoms with Gasteiger partial charge in [-0.15, -0.1) is 0 Å². The van der Waals surface area contributed by atoms with E-state index in [0.717, 1.165) is 24.9 Å². The minimum absolute atomic E-state index is 0.493. The number of ether oxygens (including phenoxy) is 1. The predicted octanol–water partition coefficient (Wildman–Crippen LogP) is 2.81. The van der Waals surface area contributed by atoms with Gasteiger partial charge in [0.25, 0.3) is 0 Å². The molecule has 1 aliphatic heterocycles. The average Bonchev–Trinajstić information content (AvgIpc) is 2.99. The third-order valence-electron chi connectivity index (χ3n) is 3.00. The third kappa shape index (κ3) is 2.50. The van der Waals surface area contributed by atoms with Gasteiger partial charge >= 0.3 is 0 Å². The van der Waals surface area contributed by atoms with Gasteiger partial charge in [-0.1, -0.05) is 0 Å². The van der Waals surface area contributed by atoms with Crippen LogP contribution in [0.2, 0.25) is 0 Å². The van der Waals surface area contributed by atoms with Crippen LogP contribution in [0.25, 0.3) is 0 Å². The molecular formula is C12H16N2OS. The first-order valence-corrected chi connectivity index (χ1v) is 6.75. The molecule has 0 bridgehead atoms. The molecule has 1 N–H and O–H groups in total. The minimum Gasteiger partial charge on any atom is -0.381 e. The first-order chi connectivity index (χ1) is 7.92. The van der Waals surface area contributed by atoms with Crippen LogP contribution < -0.4 is 4.72 Å². The zero-order valence-corrected chi connectivity index (χ0v) is 10.0. The average molecular weight is 236 g/mol. The number of nitrogens with zero attached hydrogens (tertiary/aromatic N) is 1. The van der Waals surface area contributed by atoms with Crippen molar-refractivity contribution in [2.45, 2.75) is 30.4 Å². The van der Waals surface area contributed by atoms with Gasteiger partial charge in [0.05, 0.1) is 6.61 Å². The summed E-state index contributed by atoms with van der Waals surface area (Å²) in [5, 5.41) is 0.825. The van der Waals surface area contributed by atoms with Crippen molar-refractivity contribution in [3.8, 4) is 0 Å². The van der Waals surface area contributed by atoms with Crippen LogP contribution in [0.5, 0.6) is 0 Å². The molecule has 1 unspecified atom stereocenters. The fraction of sp³-hybridized carbons (Fsp3) is 0.583. The normalized spacial score (nSPS) is 24.6. The highest BCUT2D eigenvalue weighted by molar-refractivity contribution is 8.01. The highest BCUT2D eigenvalue weighted by Crippen LogP contribution is 2.34. The molecule has 1 atom stereocenters. The molecule has 2 heterocycles. The van der Waals surface area contributed by atoms with Gasteiger partial charge in [0.15, 0.2) is 0 Å². The Morgan fingerprint density at radius 1 is 1.38 bits per heavy atom. The van der Waals surface area contributed by atoms with Crippen LogP contribution in [0.4, 0.5) is 5.69 Å². The molecule has 2 aliphatic rings. The second-order valence-electron chi connectivity index (χ2n) is 4.45. The van der Waals surface area contributed by atoms with Crippen molar-refractivity contribution in [2.24, 2.45) is 0 Å². The monoisotopic (exact) mass is 236 g/mol. The second kappa shape index (κ2) is 4.63. The fourth-order valence-corrected chi connectivity index (χ4v) is 2.64. The molecule has 2 fully saturated rings. The van der Waals surface area contributed by atoms with Crippen molar-refractivity contribution in [1.29, 1.82) is 0 Å². The van der Waals surface area contributed by atoms with Crippen molar-refractivity contribution in [3.05, 3.63) is 24.0 Å². The van der Waals surface area contributed by atoms with E-state index in [1.807, 2.05) is 24.2 Å². The van der Waals surface area contributed by atoms with Crippen molar-refractivity contribution >= 4 is 17.6 Å². The quantitative estimate of drug-likeness (QED) is 0.815. The van der Waals surface area contributed by atoms with Crippen LogP contribution in [-0.4, -0.2) is 23.4 Å². The minimum atomic E-state index is 0.493. The number of anilines is 1. The maximum absolute atomic E-state index is 5.39. The number of aromatic nitrogens is 1. The Morgan fingerprint density at radius 2 is 2.31 bits per heavy atom. The number of rotatable bonds is 4. The lowest BCUT2D eigenvalue weighted by atomic mass is 10.0. The van der Waals surface area contributed by atoms with Gasteiger partial charge in [-0.05, 0) is 43.3 Å². The van der Waals surface area contributed by atoms with E-state index in [4.69, 9.17) is 4.74 Å². The van der Waals surface area contributed by atoms with Gasteiger partial charge in [-0.3, -0.25) is 4.98 Å². The van der Waals surface area contributed by atoms with Crippen LogP contribution in [0, 0.1) is 0 Å². The maximum Gasteiger partial charge on any atom is 0.0550 e. The highest BCUT2D eigenvalue weighted by atomic mass is 32.2. The number of nitrogens with one attached hydrogen (secondary N) is 1. The van der Waals surface area contributed by atoms with E-state index in [-0.39, 0.29) is 0 Å². The van der Waals surface area contributed by atoms with Gasteiger partial charge < -0.3 is 9.46 Å². The summed E-state index contributed by atoms with van der Waals surface area (Å²) < 4.78 is 8.80. The van der Waals surface area contributed by atoms with Crippen molar-refractivity contribution in [1.82, 2.24) is 4.98 Å². The molecule has 86 valence electrons. The summed E-state index contributed by atoms with van der Waals surface area (Å²) >= 11 is 1.84. The van der Waals surface area contributed by atoms with E-state index in [2.05, 4.69) is 15.8 Å². The molecule has 0 spiro atoms. The van der Waals surface area contributed by atoms with E-state index in [9.17, 15) is 0 Å². The molecule has 3 nitrogen and oxygen atoms in total. The molecule has 1 aromatic rings. The van der Waals surface area contributed by atoms with Crippen LogP contribution in [0.1, 0.15) is 30.9 Å². The predicted molar refractivity (Wildman–Crippen MR) is 66.6 cm³/mol. The zero-order chi connectivity index (χ0) is 10.8. The van der Waals surface area contributed by atoms with Crippen LogP contribution in [-0.2, 0) is 4.74 Å². The smallest absolute Gasteiger partial charge is 0.0550 e. The van der Waals surface area contributed by atoms with Crippen LogP contribution in [0.15, 0.2) is 18.3 Å². The number of hydrogen-bond acceptors (Lipinski definition) is 4. The standard InChI is InChI=1S/C12H16N2OS/c1-2-11(1)16-14-10-3-5-13-12(7-10)9-4-6-15-8-9/h3,5,7,9,11H,1-2,4,6,8H2,(H,13,14). The second-order valence-corrected chi connectivity index (χ2v) is 5.56. The van der Waals surface area contributed by atoms with Crippen LogP contribution >= 0.6 is 11.9 Å². The van der Waals surface area contributed by atoms with E-state index < -0.39 is 0 Å². The summed E-state index contributed by atoms with van der Waals surface area (Å²) in [6, 6.07) is 4.20. The number of pyridine rings is 1. The van der Waals surface area contributed by atoms with Crippen molar-refractivity contribution in [2.75, 3.05) is 17.9 Å². The lowest BCUT2D eigenvalue weighted by Gasteiger charge is -2.09. The Hall–Kier alpha value is -0.740. The number of hydrogen-bond donors (Lipinski definition) is 1. The van der Waals surface area contributed by atoms with E-state index in [1.165, 1.54) is 24.2 Å². The molecule has 1 saturated heterocycles. The summed E-state index contributed by atoms with van der Waals surface area (Å²) in [6.07, 6.45) is 5.70. The Labute approximate surface area is 100 Å². The lowest BCUT2D eigenvalue weighted by molar-refractivity contribution is 0.193. The summed E-state index contributed by atoms with van der Waals surface area (Å²) in [7, 11) is 0. The fourth-order valence-electron chi connectivity index (χ4n) is 1.84. The largest absolute Gasteiger partial charge is 0.381 e. The van der Waals surface area contributed by atoms with Gasteiger partial charge in [0.1, 0.15) is 0 Å². The molecule has 1 saturated carbocycles. The summed E-state index contributed by atoms with van der Waals surface area (Å²) in [6.45, 7) is 1.70. The SMILES string of the molecule is c1cc(NSC2CC2)cc(C2CCOC2)n1. The van der Waals surface area contributed by atoms with Crippen molar-refractivity contribution in [3.63, 3.8) is 0 Å². The molecule has 4 heteroatoms. The molecule has 1 aliphatic carbocycles. The highest BCUT2D eigenvalue weighted by Gasteiger charge is 2.22. The first-order valence-electron chi connectivity index (χ1n) is 5.87. The molecule has 1 aromatic heterocycles. The molecular weight excluding hydrogens is 220 g/mol. The van der Waals surface area contributed by atoms with Gasteiger partial charge in [-0.25, -0.2) is 0 Å². The van der Waals surface area contributed by atoms with Gasteiger partial charge in [0.2, 0.25) is 0 Å². The van der Waals surface area contributed by atoms with Gasteiger partial charge in [-0.2, -0.15) is 0 Å². The molecule has 0 radical (unpaired) electrons. The molecule has 3 rings (SSSR count). The molecule has 0 aromatic carbocycles. The topological polar surface area (TPSA) is 34.1 Å². The lowest BCUT2D eigenvalue weighted by Crippen LogP contribution is -2.01. The summed E-state index contributed by atoms with van der Waals surface area (Å²) in [5.74, 6) is 0.493. The Balaban J connectivity index is 1.65. The van der Waals surface area contributed by atoms with E-state index in [0.29, 0.717) is 5.92 Å².